The number of amides is 1. The molecule has 3 fully saturated rings. The number of piperazine rings is 1. The molecule has 0 radical (unpaired) electrons. The Bertz CT molecular complexity index is 1070. The van der Waals surface area contributed by atoms with Crippen molar-refractivity contribution in [3.8, 4) is 0 Å². The standard InChI is InChI=1S/C28H39ClN6O2/c1-3-23-17-34(27-19(2)31-25(16-30-27)28(37)32-22-8-9-22)14-15-35(23)24-10-12-33(13-11-24)26(18-36)20-4-6-21(29)7-5-20/h4-7,16,22-24,26,36H,3,8-15,17-18H2,1-2H3,(H,32,37)/t23-,26+/m0/s1. The van der Waals surface area contributed by atoms with E-state index in [0.29, 0.717) is 23.8 Å². The third-order valence-corrected chi connectivity index (χ3v) is 8.45. The summed E-state index contributed by atoms with van der Waals surface area (Å²) in [4.78, 5) is 29.1. The number of carbonyl (C=O) groups excluding carboxylic acids is 1. The van der Waals surface area contributed by atoms with Gasteiger partial charge in [-0.1, -0.05) is 30.7 Å². The second-order valence-corrected chi connectivity index (χ2v) is 11.1. The van der Waals surface area contributed by atoms with Crippen LogP contribution >= 0.6 is 11.6 Å². The van der Waals surface area contributed by atoms with Gasteiger partial charge in [0.25, 0.3) is 5.91 Å². The molecule has 200 valence electrons. The van der Waals surface area contributed by atoms with E-state index < -0.39 is 0 Å². The van der Waals surface area contributed by atoms with Crippen molar-refractivity contribution in [1.29, 1.82) is 0 Å². The molecule has 37 heavy (non-hydrogen) atoms. The van der Waals surface area contributed by atoms with Crippen molar-refractivity contribution in [3.05, 3.63) is 52.4 Å². The van der Waals surface area contributed by atoms with E-state index in [4.69, 9.17) is 11.6 Å². The van der Waals surface area contributed by atoms with E-state index in [9.17, 15) is 9.90 Å². The lowest BCUT2D eigenvalue weighted by Crippen LogP contribution is -2.58. The predicted molar refractivity (Wildman–Crippen MR) is 146 cm³/mol. The Kier molecular flexibility index (Phi) is 8.29. The van der Waals surface area contributed by atoms with Gasteiger partial charge in [0, 0.05) is 55.9 Å². The number of aromatic nitrogens is 2. The van der Waals surface area contributed by atoms with Crippen LogP contribution in [0, 0.1) is 6.92 Å². The molecule has 1 saturated carbocycles. The zero-order valence-corrected chi connectivity index (χ0v) is 22.7. The van der Waals surface area contributed by atoms with Crippen molar-refractivity contribution in [3.63, 3.8) is 0 Å². The Morgan fingerprint density at radius 2 is 1.86 bits per heavy atom. The number of aryl methyl sites for hydroxylation is 1. The first-order valence-corrected chi connectivity index (χ1v) is 14.1. The SMILES string of the molecule is CC[C@H]1CN(c2ncc(C(=O)NC3CC3)nc2C)CCN1C1CCN([C@H](CO)c2ccc(Cl)cc2)CC1. The summed E-state index contributed by atoms with van der Waals surface area (Å²) in [6, 6.07) is 9.19. The highest BCUT2D eigenvalue weighted by Crippen LogP contribution is 2.30. The molecule has 1 aliphatic carbocycles. The van der Waals surface area contributed by atoms with Crippen molar-refractivity contribution in [2.75, 3.05) is 44.2 Å². The molecule has 2 aliphatic heterocycles. The topological polar surface area (TPSA) is 84.8 Å². The van der Waals surface area contributed by atoms with Crippen LogP contribution in [0.15, 0.2) is 30.5 Å². The molecule has 0 unspecified atom stereocenters. The van der Waals surface area contributed by atoms with Gasteiger partial charge in [-0.2, -0.15) is 0 Å². The summed E-state index contributed by atoms with van der Waals surface area (Å²) in [7, 11) is 0. The number of likely N-dealkylation sites (tertiary alicyclic amines) is 1. The molecule has 8 nitrogen and oxygen atoms in total. The lowest BCUT2D eigenvalue weighted by molar-refractivity contribution is 0.0356. The Balaban J connectivity index is 1.18. The second kappa shape index (κ2) is 11.6. The van der Waals surface area contributed by atoms with Gasteiger partial charge in [0.05, 0.1) is 24.5 Å². The minimum atomic E-state index is -0.119. The molecule has 5 rings (SSSR count). The van der Waals surface area contributed by atoms with Crippen LogP contribution in [0.4, 0.5) is 5.82 Å². The fourth-order valence-corrected chi connectivity index (χ4v) is 6.06. The first kappa shape index (κ1) is 26.4. The van der Waals surface area contributed by atoms with Gasteiger partial charge in [0.15, 0.2) is 0 Å². The number of carbonyl (C=O) groups is 1. The number of rotatable bonds is 8. The normalized spacial score (nSPS) is 22.7. The maximum atomic E-state index is 12.4. The Labute approximate surface area is 225 Å². The van der Waals surface area contributed by atoms with E-state index >= 15 is 0 Å². The number of aliphatic hydroxyl groups is 1. The average molecular weight is 527 g/mol. The highest BCUT2D eigenvalue weighted by Gasteiger charge is 2.35. The number of nitrogens with one attached hydrogen (secondary N) is 1. The molecule has 1 aromatic heterocycles. The van der Waals surface area contributed by atoms with Gasteiger partial charge in [0.1, 0.15) is 11.5 Å². The van der Waals surface area contributed by atoms with Crippen LogP contribution < -0.4 is 10.2 Å². The number of hydrogen-bond donors (Lipinski definition) is 2. The van der Waals surface area contributed by atoms with E-state index in [-0.39, 0.29) is 18.6 Å². The summed E-state index contributed by atoms with van der Waals surface area (Å²) in [6.45, 7) is 9.11. The number of anilines is 1. The van der Waals surface area contributed by atoms with Crippen LogP contribution in [-0.2, 0) is 0 Å². The minimum Gasteiger partial charge on any atom is -0.394 e. The van der Waals surface area contributed by atoms with Crippen LogP contribution in [0.2, 0.25) is 5.02 Å². The summed E-state index contributed by atoms with van der Waals surface area (Å²) in [6.07, 6.45) is 7.02. The van der Waals surface area contributed by atoms with E-state index in [1.165, 1.54) is 0 Å². The van der Waals surface area contributed by atoms with E-state index in [0.717, 1.165) is 86.9 Å². The smallest absolute Gasteiger partial charge is 0.271 e. The average Bonchev–Trinajstić information content (AvgIpc) is 3.74. The Hall–Kier alpha value is -2.26. The molecule has 3 aliphatic rings. The second-order valence-electron chi connectivity index (χ2n) is 10.7. The summed E-state index contributed by atoms with van der Waals surface area (Å²) in [5.74, 6) is 0.774. The highest BCUT2D eigenvalue weighted by molar-refractivity contribution is 6.30. The van der Waals surface area contributed by atoms with Crippen LogP contribution in [0.3, 0.4) is 0 Å². The Morgan fingerprint density at radius 3 is 2.49 bits per heavy atom. The Morgan fingerprint density at radius 1 is 1.14 bits per heavy atom. The predicted octanol–water partition coefficient (Wildman–Crippen LogP) is 3.43. The third kappa shape index (κ3) is 6.08. The van der Waals surface area contributed by atoms with Crippen LogP contribution in [0.1, 0.15) is 66.8 Å². The van der Waals surface area contributed by atoms with Gasteiger partial charge in [-0.05, 0) is 56.7 Å². The van der Waals surface area contributed by atoms with E-state index in [2.05, 4.69) is 36.9 Å². The van der Waals surface area contributed by atoms with Crippen molar-refractivity contribution in [2.24, 2.45) is 0 Å². The number of piperidine rings is 1. The monoisotopic (exact) mass is 526 g/mol. The molecule has 2 N–H and O–H groups in total. The highest BCUT2D eigenvalue weighted by atomic mass is 35.5. The number of benzene rings is 1. The van der Waals surface area contributed by atoms with Gasteiger partial charge in [-0.25, -0.2) is 9.97 Å². The first-order chi connectivity index (χ1) is 18.0. The van der Waals surface area contributed by atoms with Crippen molar-refractivity contribution in [2.45, 2.75) is 70.1 Å². The quantitative estimate of drug-likeness (QED) is 0.545. The molecule has 2 aromatic rings. The fraction of sp³-hybridized carbons (Fsp3) is 0.607. The molecular formula is C28H39ClN6O2. The fourth-order valence-electron chi connectivity index (χ4n) is 5.93. The van der Waals surface area contributed by atoms with Crippen LogP contribution in [-0.4, -0.2) is 88.2 Å². The first-order valence-electron chi connectivity index (χ1n) is 13.7. The number of hydrogen-bond acceptors (Lipinski definition) is 7. The molecule has 2 atom stereocenters. The van der Waals surface area contributed by atoms with Crippen LogP contribution in [0.25, 0.3) is 0 Å². The van der Waals surface area contributed by atoms with E-state index in [1.807, 2.05) is 31.2 Å². The maximum Gasteiger partial charge on any atom is 0.271 e. The van der Waals surface area contributed by atoms with E-state index in [1.54, 1.807) is 6.20 Å². The zero-order valence-electron chi connectivity index (χ0n) is 21.9. The molecule has 3 heterocycles. The molecule has 1 aromatic carbocycles. The molecule has 0 spiro atoms. The molecule has 1 amide bonds. The summed E-state index contributed by atoms with van der Waals surface area (Å²) < 4.78 is 0. The number of aliphatic hydroxyl groups excluding tert-OH is 1. The lowest BCUT2D eigenvalue weighted by atomic mass is 9.96. The molecule has 0 bridgehead atoms. The van der Waals surface area contributed by atoms with Crippen molar-refractivity contribution >= 4 is 23.3 Å². The van der Waals surface area contributed by atoms with Crippen molar-refractivity contribution < 1.29 is 9.90 Å². The molecule has 9 heteroatoms. The summed E-state index contributed by atoms with van der Waals surface area (Å²) >= 11 is 6.07. The zero-order chi connectivity index (χ0) is 25.9. The van der Waals surface area contributed by atoms with Gasteiger partial charge in [-0.15, -0.1) is 0 Å². The molecular weight excluding hydrogens is 488 g/mol. The largest absolute Gasteiger partial charge is 0.394 e. The van der Waals surface area contributed by atoms with Gasteiger partial charge in [-0.3, -0.25) is 14.6 Å². The summed E-state index contributed by atoms with van der Waals surface area (Å²) in [5, 5.41) is 13.8. The third-order valence-electron chi connectivity index (χ3n) is 8.20. The lowest BCUT2D eigenvalue weighted by Gasteiger charge is -2.48. The number of nitrogens with zero attached hydrogens (tertiary/aromatic N) is 5. The summed E-state index contributed by atoms with van der Waals surface area (Å²) in [5.41, 5.74) is 2.35. The van der Waals surface area contributed by atoms with Crippen molar-refractivity contribution in [1.82, 2.24) is 25.1 Å². The molecule has 2 saturated heterocycles. The minimum absolute atomic E-state index is 0.0212. The van der Waals surface area contributed by atoms with Crippen LogP contribution in [0.5, 0.6) is 0 Å². The maximum absolute atomic E-state index is 12.4. The number of halogens is 1. The van der Waals surface area contributed by atoms with Gasteiger partial charge < -0.3 is 15.3 Å². The van der Waals surface area contributed by atoms with Gasteiger partial charge >= 0.3 is 0 Å². The van der Waals surface area contributed by atoms with Gasteiger partial charge in [0.2, 0.25) is 0 Å².